The summed E-state index contributed by atoms with van der Waals surface area (Å²) in [5.41, 5.74) is 1.68. The predicted molar refractivity (Wildman–Crippen MR) is 87.5 cm³/mol. The molecule has 1 heterocycles. The zero-order valence-electron chi connectivity index (χ0n) is 14.3. The summed E-state index contributed by atoms with van der Waals surface area (Å²) in [6, 6.07) is 7.02. The number of hydrogen-bond acceptors (Lipinski definition) is 3. The number of hydrogen-bond donors (Lipinski definition) is 0. The second-order valence-electron chi connectivity index (χ2n) is 5.49. The summed E-state index contributed by atoms with van der Waals surface area (Å²) in [7, 11) is 0. The summed E-state index contributed by atoms with van der Waals surface area (Å²) >= 11 is 0. The number of nitrogens with zero attached hydrogens (tertiary/aromatic N) is 1. The molecule has 1 amide bonds. The fraction of sp³-hybridized carbons (Fsp3) is 0.556. The molecule has 0 saturated heterocycles. The summed E-state index contributed by atoms with van der Waals surface area (Å²) < 4.78 is 5.13. The number of rotatable bonds is 5. The van der Waals surface area contributed by atoms with Gasteiger partial charge in [-0.05, 0) is 30.9 Å². The van der Waals surface area contributed by atoms with Crippen molar-refractivity contribution in [1.29, 1.82) is 0 Å². The van der Waals surface area contributed by atoms with Crippen LogP contribution in [0.1, 0.15) is 57.0 Å². The minimum Gasteiger partial charge on any atom is -0.464 e. The van der Waals surface area contributed by atoms with E-state index in [4.69, 9.17) is 4.74 Å². The Bertz CT molecular complexity index is 511. The highest BCUT2D eigenvalue weighted by Gasteiger charge is 2.37. The third-order valence-electron chi connectivity index (χ3n) is 3.48. The van der Waals surface area contributed by atoms with Gasteiger partial charge in [-0.25, -0.2) is 4.79 Å². The van der Waals surface area contributed by atoms with Gasteiger partial charge in [-0.2, -0.15) is 0 Å². The molecular formula is C18H27NO3. The Morgan fingerprint density at radius 3 is 2.45 bits per heavy atom. The van der Waals surface area contributed by atoms with Gasteiger partial charge in [0.25, 0.3) is 5.91 Å². The molecule has 0 aromatic heterocycles. The Hall–Kier alpha value is -1.84. The van der Waals surface area contributed by atoms with Crippen LogP contribution in [0.5, 0.6) is 0 Å². The topological polar surface area (TPSA) is 46.6 Å². The normalized spacial score (nSPS) is 14.3. The quantitative estimate of drug-likeness (QED) is 0.780. The molecule has 4 heteroatoms. The van der Waals surface area contributed by atoms with Gasteiger partial charge in [-0.3, -0.25) is 4.79 Å². The average molecular weight is 305 g/mol. The van der Waals surface area contributed by atoms with Crippen molar-refractivity contribution in [2.45, 2.75) is 53.6 Å². The Morgan fingerprint density at radius 1 is 1.27 bits per heavy atom. The molecule has 0 radical (unpaired) electrons. The molecule has 1 aromatic carbocycles. The summed E-state index contributed by atoms with van der Waals surface area (Å²) in [5, 5.41) is 0. The number of carbonyl (C=O) groups excluding carboxylic acids is 2. The Balaban J connectivity index is 0.00000116. The lowest BCUT2D eigenvalue weighted by molar-refractivity contribution is -0.149. The van der Waals surface area contributed by atoms with Crippen LogP contribution in [0.15, 0.2) is 24.3 Å². The van der Waals surface area contributed by atoms with Crippen LogP contribution in [0.4, 0.5) is 0 Å². The lowest BCUT2D eigenvalue weighted by Gasteiger charge is -2.27. The number of amides is 1. The van der Waals surface area contributed by atoms with Gasteiger partial charge in [0.1, 0.15) is 6.04 Å². The van der Waals surface area contributed by atoms with Gasteiger partial charge in [0.2, 0.25) is 0 Å². The van der Waals surface area contributed by atoms with E-state index in [1.54, 1.807) is 11.8 Å². The van der Waals surface area contributed by atoms with Crippen LogP contribution in [-0.4, -0.2) is 29.4 Å². The van der Waals surface area contributed by atoms with Crippen molar-refractivity contribution in [2.24, 2.45) is 5.92 Å². The van der Waals surface area contributed by atoms with Crippen molar-refractivity contribution >= 4 is 11.9 Å². The summed E-state index contributed by atoms with van der Waals surface area (Å²) in [5.74, 6) is -0.0532. The van der Waals surface area contributed by atoms with Crippen LogP contribution < -0.4 is 0 Å². The maximum Gasteiger partial charge on any atom is 0.328 e. The highest BCUT2D eigenvalue weighted by molar-refractivity contribution is 6.00. The predicted octanol–water partition coefficient (Wildman–Crippen LogP) is 3.65. The van der Waals surface area contributed by atoms with E-state index in [0.29, 0.717) is 31.1 Å². The summed E-state index contributed by atoms with van der Waals surface area (Å²) in [6.07, 6.45) is 0.624. The van der Waals surface area contributed by atoms with Gasteiger partial charge in [0, 0.05) is 12.1 Å². The zero-order chi connectivity index (χ0) is 16.7. The van der Waals surface area contributed by atoms with Gasteiger partial charge >= 0.3 is 5.97 Å². The Morgan fingerprint density at radius 2 is 1.91 bits per heavy atom. The van der Waals surface area contributed by atoms with Crippen LogP contribution in [0.3, 0.4) is 0 Å². The fourth-order valence-corrected chi connectivity index (χ4v) is 2.56. The maximum atomic E-state index is 12.4. The smallest absolute Gasteiger partial charge is 0.328 e. The number of carbonyl (C=O) groups is 2. The summed E-state index contributed by atoms with van der Waals surface area (Å²) in [4.78, 5) is 26.2. The molecule has 122 valence electrons. The number of benzene rings is 1. The van der Waals surface area contributed by atoms with Crippen LogP contribution >= 0.6 is 0 Å². The lowest BCUT2D eigenvalue weighted by atomic mass is 10.0. The average Bonchev–Trinajstić information content (AvgIpc) is 2.84. The largest absolute Gasteiger partial charge is 0.464 e. The van der Waals surface area contributed by atoms with Crippen LogP contribution in [0.2, 0.25) is 0 Å². The van der Waals surface area contributed by atoms with Crippen molar-refractivity contribution in [3.63, 3.8) is 0 Å². The first-order valence-corrected chi connectivity index (χ1v) is 8.10. The van der Waals surface area contributed by atoms with Crippen molar-refractivity contribution in [1.82, 2.24) is 4.90 Å². The molecule has 4 nitrogen and oxygen atoms in total. The van der Waals surface area contributed by atoms with E-state index in [0.717, 1.165) is 5.56 Å². The van der Waals surface area contributed by atoms with Gasteiger partial charge < -0.3 is 9.64 Å². The van der Waals surface area contributed by atoms with Crippen LogP contribution in [-0.2, 0) is 16.1 Å². The monoisotopic (exact) mass is 305 g/mol. The Labute approximate surface area is 133 Å². The van der Waals surface area contributed by atoms with E-state index in [9.17, 15) is 9.59 Å². The molecule has 1 aliphatic rings. The highest BCUT2D eigenvalue weighted by atomic mass is 16.5. The zero-order valence-corrected chi connectivity index (χ0v) is 14.3. The van der Waals surface area contributed by atoms with E-state index >= 15 is 0 Å². The van der Waals surface area contributed by atoms with Crippen LogP contribution in [0, 0.1) is 5.92 Å². The highest BCUT2D eigenvalue weighted by Crippen LogP contribution is 2.27. The second-order valence-corrected chi connectivity index (χ2v) is 5.49. The number of esters is 1. The first kappa shape index (κ1) is 18.2. The standard InChI is InChI=1S/C16H21NO3.C2H6/c1-4-20-16(19)14(9-11(2)3)17-10-12-7-5-6-8-13(12)15(17)18;1-2/h5-8,11,14H,4,9-10H2,1-3H3;1-2H3. The maximum absolute atomic E-state index is 12.4. The third kappa shape index (κ3) is 4.09. The van der Waals surface area contributed by atoms with Gasteiger partial charge in [-0.1, -0.05) is 45.9 Å². The van der Waals surface area contributed by atoms with Crippen molar-refractivity contribution in [3.05, 3.63) is 35.4 Å². The molecule has 1 aromatic rings. The van der Waals surface area contributed by atoms with Gasteiger partial charge in [0.15, 0.2) is 0 Å². The van der Waals surface area contributed by atoms with Crippen molar-refractivity contribution < 1.29 is 14.3 Å². The lowest BCUT2D eigenvalue weighted by Crippen LogP contribution is -2.43. The van der Waals surface area contributed by atoms with E-state index < -0.39 is 6.04 Å². The Kier molecular flexibility index (Phi) is 7.09. The van der Waals surface area contributed by atoms with E-state index in [2.05, 4.69) is 0 Å². The SMILES string of the molecule is CC.CCOC(=O)C(CC(C)C)N1Cc2ccccc2C1=O. The molecule has 0 bridgehead atoms. The second kappa shape index (κ2) is 8.57. The first-order valence-electron chi connectivity index (χ1n) is 8.10. The summed E-state index contributed by atoms with van der Waals surface area (Å²) in [6.45, 7) is 10.7. The minimum absolute atomic E-state index is 0.0701. The van der Waals surface area contributed by atoms with E-state index in [1.165, 1.54) is 0 Å². The van der Waals surface area contributed by atoms with Crippen molar-refractivity contribution in [2.75, 3.05) is 6.61 Å². The fourth-order valence-electron chi connectivity index (χ4n) is 2.56. The molecule has 0 saturated carbocycles. The minimum atomic E-state index is -0.491. The molecule has 22 heavy (non-hydrogen) atoms. The molecule has 1 atom stereocenters. The van der Waals surface area contributed by atoms with E-state index in [-0.39, 0.29) is 11.9 Å². The molecule has 0 fully saturated rings. The molecule has 0 aliphatic carbocycles. The first-order chi connectivity index (χ1) is 10.5. The van der Waals surface area contributed by atoms with Gasteiger partial charge in [0.05, 0.1) is 6.61 Å². The third-order valence-corrected chi connectivity index (χ3v) is 3.48. The number of fused-ring (bicyclic) bond motifs is 1. The molecule has 1 unspecified atom stereocenters. The molecule has 2 rings (SSSR count). The van der Waals surface area contributed by atoms with E-state index in [1.807, 2.05) is 52.0 Å². The molecule has 1 aliphatic heterocycles. The van der Waals surface area contributed by atoms with Gasteiger partial charge in [-0.15, -0.1) is 0 Å². The van der Waals surface area contributed by atoms with Crippen LogP contribution in [0.25, 0.3) is 0 Å². The molecule has 0 spiro atoms. The van der Waals surface area contributed by atoms with Crippen molar-refractivity contribution in [3.8, 4) is 0 Å². The molecule has 0 N–H and O–H groups in total. The molecular weight excluding hydrogens is 278 g/mol. The number of ether oxygens (including phenoxy) is 1.